The monoisotopic (exact) mass is 784 g/mol. The van der Waals surface area contributed by atoms with Crippen LogP contribution in [-0.2, 0) is 0 Å². The van der Waals surface area contributed by atoms with Crippen molar-refractivity contribution in [1.29, 1.82) is 0 Å². The van der Waals surface area contributed by atoms with E-state index in [-0.39, 0.29) is 0 Å². The fraction of sp³-hybridized carbons (Fsp3) is 0. The molecule has 0 aliphatic heterocycles. The van der Waals surface area contributed by atoms with Crippen LogP contribution in [0, 0.1) is 0 Å². The van der Waals surface area contributed by atoms with Crippen LogP contribution in [0.25, 0.3) is 121 Å². The lowest BCUT2D eigenvalue weighted by atomic mass is 9.83. The number of hydrogen-bond donors (Lipinski definition) is 0. The van der Waals surface area contributed by atoms with Gasteiger partial charge in [0, 0.05) is 0 Å². The zero-order valence-electron chi connectivity index (χ0n) is 34.1. The molecule has 0 aromatic heterocycles. The summed E-state index contributed by atoms with van der Waals surface area (Å²) in [7, 11) is 0. The molecular formula is C62H40. The van der Waals surface area contributed by atoms with Gasteiger partial charge in [-0.15, -0.1) is 0 Å². The minimum absolute atomic E-state index is 1.19. The first kappa shape index (κ1) is 35.8. The highest BCUT2D eigenvalue weighted by atomic mass is 14.2. The molecule has 288 valence electrons. The molecular weight excluding hydrogens is 745 g/mol. The van der Waals surface area contributed by atoms with Gasteiger partial charge in [0.1, 0.15) is 0 Å². The maximum atomic E-state index is 2.46. The molecule has 0 saturated heterocycles. The molecule has 12 aromatic rings. The Bertz CT molecular complexity index is 3600. The van der Waals surface area contributed by atoms with Gasteiger partial charge in [-0.25, -0.2) is 0 Å². The average Bonchev–Trinajstić information content (AvgIpc) is 3.35. The molecule has 0 spiro atoms. The Labute approximate surface area is 361 Å². The van der Waals surface area contributed by atoms with E-state index >= 15 is 0 Å². The van der Waals surface area contributed by atoms with E-state index in [1.807, 2.05) is 0 Å². The van der Waals surface area contributed by atoms with Crippen LogP contribution in [0.1, 0.15) is 0 Å². The van der Waals surface area contributed by atoms with Crippen LogP contribution in [0.5, 0.6) is 0 Å². The zero-order chi connectivity index (χ0) is 41.0. The molecule has 12 aromatic carbocycles. The minimum atomic E-state index is 1.19. The molecule has 0 unspecified atom stereocenters. The van der Waals surface area contributed by atoms with Gasteiger partial charge in [0.2, 0.25) is 0 Å². The topological polar surface area (TPSA) is 0 Å². The summed E-state index contributed by atoms with van der Waals surface area (Å²) in [4.78, 5) is 0. The van der Waals surface area contributed by atoms with E-state index in [4.69, 9.17) is 0 Å². The van der Waals surface area contributed by atoms with Gasteiger partial charge in [-0.1, -0.05) is 218 Å². The maximum absolute atomic E-state index is 2.46. The van der Waals surface area contributed by atoms with Crippen LogP contribution in [0.15, 0.2) is 243 Å². The van der Waals surface area contributed by atoms with E-state index in [9.17, 15) is 0 Å². The number of rotatable bonds is 6. The second kappa shape index (κ2) is 14.9. The third-order valence-corrected chi connectivity index (χ3v) is 12.8. The number of fused-ring (bicyclic) bond motifs is 6. The Morgan fingerprint density at radius 1 is 0.161 bits per heavy atom. The molecule has 0 N–H and O–H groups in total. The summed E-state index contributed by atoms with van der Waals surface area (Å²) in [6.45, 7) is 0. The summed E-state index contributed by atoms with van der Waals surface area (Å²) in [5.41, 5.74) is 14.7. The van der Waals surface area contributed by atoms with Gasteiger partial charge in [-0.3, -0.25) is 0 Å². The molecule has 0 heterocycles. The van der Waals surface area contributed by atoms with E-state index in [2.05, 4.69) is 243 Å². The van der Waals surface area contributed by atoms with Crippen molar-refractivity contribution in [2.45, 2.75) is 0 Å². The van der Waals surface area contributed by atoms with Crippen molar-refractivity contribution in [3.05, 3.63) is 243 Å². The van der Waals surface area contributed by atoms with Gasteiger partial charge in [-0.2, -0.15) is 0 Å². The summed E-state index contributed by atoms with van der Waals surface area (Å²) in [6, 6.07) is 89.5. The van der Waals surface area contributed by atoms with E-state index in [0.29, 0.717) is 0 Å². The first-order valence-corrected chi connectivity index (χ1v) is 21.5. The quantitative estimate of drug-likeness (QED) is 0.116. The van der Waals surface area contributed by atoms with Gasteiger partial charge in [-0.05, 0) is 145 Å². The summed E-state index contributed by atoms with van der Waals surface area (Å²) in [5, 5.41) is 12.5. The Morgan fingerprint density at radius 3 is 1.18 bits per heavy atom. The van der Waals surface area contributed by atoms with Crippen LogP contribution < -0.4 is 0 Å². The van der Waals surface area contributed by atoms with Crippen molar-refractivity contribution in [3.8, 4) is 66.8 Å². The lowest BCUT2D eigenvalue weighted by Crippen LogP contribution is -1.93. The smallest absolute Gasteiger partial charge is 0.00261 e. The predicted molar refractivity (Wildman–Crippen MR) is 267 cm³/mol. The molecule has 12 rings (SSSR count). The van der Waals surface area contributed by atoms with Gasteiger partial charge in [0.25, 0.3) is 0 Å². The first-order valence-electron chi connectivity index (χ1n) is 21.5. The normalized spacial score (nSPS) is 11.5. The fourth-order valence-electron chi connectivity index (χ4n) is 9.97. The van der Waals surface area contributed by atoms with Crippen molar-refractivity contribution in [1.82, 2.24) is 0 Å². The highest BCUT2D eigenvalue weighted by molar-refractivity contribution is 6.22. The Morgan fingerprint density at radius 2 is 0.565 bits per heavy atom. The molecule has 0 heteroatoms. The van der Waals surface area contributed by atoms with Gasteiger partial charge in [0.05, 0.1) is 0 Å². The van der Waals surface area contributed by atoms with Crippen LogP contribution in [0.3, 0.4) is 0 Å². The maximum Gasteiger partial charge on any atom is -0.00261 e. The fourth-order valence-corrected chi connectivity index (χ4v) is 9.97. The van der Waals surface area contributed by atoms with E-state index < -0.39 is 0 Å². The molecule has 0 fully saturated rings. The molecule has 0 radical (unpaired) electrons. The van der Waals surface area contributed by atoms with Gasteiger partial charge in [0.15, 0.2) is 0 Å². The Balaban J connectivity index is 1.13. The molecule has 62 heavy (non-hydrogen) atoms. The van der Waals surface area contributed by atoms with E-state index in [0.717, 1.165) is 0 Å². The highest BCUT2D eigenvalue weighted by Gasteiger charge is 2.20. The summed E-state index contributed by atoms with van der Waals surface area (Å²) in [5.74, 6) is 0. The summed E-state index contributed by atoms with van der Waals surface area (Å²) >= 11 is 0. The molecule has 0 nitrogen and oxygen atoms in total. The Hall–Kier alpha value is -8.06. The summed E-state index contributed by atoms with van der Waals surface area (Å²) < 4.78 is 0. The lowest BCUT2D eigenvalue weighted by molar-refractivity contribution is 1.59. The largest absolute Gasteiger partial charge is 0.0622 e. The third kappa shape index (κ3) is 5.99. The number of benzene rings is 12. The number of hydrogen-bond acceptors (Lipinski definition) is 0. The van der Waals surface area contributed by atoms with E-state index in [1.54, 1.807) is 0 Å². The molecule has 0 aliphatic carbocycles. The molecule has 0 aliphatic rings. The molecule has 0 amide bonds. The second-order valence-corrected chi connectivity index (χ2v) is 16.3. The van der Waals surface area contributed by atoms with Crippen molar-refractivity contribution in [3.63, 3.8) is 0 Å². The molecule has 0 atom stereocenters. The summed E-state index contributed by atoms with van der Waals surface area (Å²) in [6.07, 6.45) is 0. The van der Waals surface area contributed by atoms with Crippen molar-refractivity contribution in [2.75, 3.05) is 0 Å². The van der Waals surface area contributed by atoms with Crippen LogP contribution in [-0.4, -0.2) is 0 Å². The SMILES string of the molecule is c1ccc(-c2ccc(-c3cc(-c4ccccc4-c4cc5ccccc5c5ccccc45)c4cc(-c5c6ccccc6c(-c6ccccc6)c6ccccc56)ccc4c3)cc2)cc1. The lowest BCUT2D eigenvalue weighted by Gasteiger charge is -2.20. The minimum Gasteiger partial charge on any atom is -0.0622 e. The van der Waals surface area contributed by atoms with Crippen LogP contribution >= 0.6 is 0 Å². The average molecular weight is 785 g/mol. The Kier molecular flexibility index (Phi) is 8.61. The second-order valence-electron chi connectivity index (χ2n) is 16.3. The molecule has 0 bridgehead atoms. The van der Waals surface area contributed by atoms with Crippen molar-refractivity contribution < 1.29 is 0 Å². The third-order valence-electron chi connectivity index (χ3n) is 12.8. The van der Waals surface area contributed by atoms with Crippen LogP contribution in [0.2, 0.25) is 0 Å². The molecule has 0 saturated carbocycles. The zero-order valence-corrected chi connectivity index (χ0v) is 34.1. The van der Waals surface area contributed by atoms with Gasteiger partial charge >= 0.3 is 0 Å². The van der Waals surface area contributed by atoms with Crippen LogP contribution in [0.4, 0.5) is 0 Å². The van der Waals surface area contributed by atoms with E-state index in [1.165, 1.54) is 121 Å². The first-order chi connectivity index (χ1) is 30.8. The predicted octanol–water partition coefficient (Wildman–Crippen LogP) is 17.5. The standard InChI is InChI=1S/C62H40/c1-3-17-41(18-4-1)42-31-33-43(34-32-42)48-37-46-35-36-47(62-56-29-15-13-27-54(56)61(44-19-5-2-6-20-44)55-28-14-16-30-57(55)62)39-58(46)60(40-48)53-26-12-11-25-52(53)59-38-45-21-7-8-22-49(45)50-23-9-10-24-51(50)59/h1-40H. The van der Waals surface area contributed by atoms with Gasteiger partial charge < -0.3 is 0 Å². The van der Waals surface area contributed by atoms with Crippen molar-refractivity contribution in [2.24, 2.45) is 0 Å². The van der Waals surface area contributed by atoms with Crippen molar-refractivity contribution >= 4 is 53.9 Å². The highest BCUT2D eigenvalue weighted by Crippen LogP contribution is 2.47.